The van der Waals surface area contributed by atoms with Gasteiger partial charge in [-0.3, -0.25) is 0 Å². The van der Waals surface area contributed by atoms with Gasteiger partial charge in [-0.2, -0.15) is 0 Å². The molecule has 2 aromatic rings. The van der Waals surface area contributed by atoms with Gasteiger partial charge in [0.2, 0.25) is 0 Å². The Morgan fingerprint density at radius 2 is 1.79 bits per heavy atom. The SMILES string of the molecule is Cc1cc(CF)c(S)c(-c2ccccc2C(C)C)c1. The maximum atomic E-state index is 13.1. The van der Waals surface area contributed by atoms with Crippen molar-refractivity contribution in [2.24, 2.45) is 0 Å². The van der Waals surface area contributed by atoms with Gasteiger partial charge in [0.1, 0.15) is 6.67 Å². The zero-order valence-electron chi connectivity index (χ0n) is 11.6. The number of alkyl halides is 1. The van der Waals surface area contributed by atoms with Crippen molar-refractivity contribution in [3.63, 3.8) is 0 Å². The van der Waals surface area contributed by atoms with Crippen LogP contribution in [0.4, 0.5) is 4.39 Å². The average Bonchev–Trinajstić information content (AvgIpc) is 2.41. The molecule has 0 aliphatic rings. The van der Waals surface area contributed by atoms with E-state index in [-0.39, 0.29) is 0 Å². The number of thiol groups is 1. The van der Waals surface area contributed by atoms with Gasteiger partial charge < -0.3 is 0 Å². The van der Waals surface area contributed by atoms with Gasteiger partial charge in [0.05, 0.1) is 0 Å². The van der Waals surface area contributed by atoms with Crippen LogP contribution in [0.1, 0.15) is 36.5 Å². The number of hydrogen-bond donors (Lipinski definition) is 1. The summed E-state index contributed by atoms with van der Waals surface area (Å²) in [4.78, 5) is 0.751. The second kappa shape index (κ2) is 5.79. The molecule has 0 N–H and O–H groups in total. The minimum atomic E-state index is -0.475. The van der Waals surface area contributed by atoms with E-state index in [4.69, 9.17) is 0 Å². The number of benzene rings is 2. The van der Waals surface area contributed by atoms with Crippen LogP contribution < -0.4 is 0 Å². The maximum Gasteiger partial charge on any atom is 0.116 e. The van der Waals surface area contributed by atoms with Crippen molar-refractivity contribution < 1.29 is 4.39 Å². The van der Waals surface area contributed by atoms with Gasteiger partial charge in [-0.1, -0.05) is 55.8 Å². The van der Waals surface area contributed by atoms with E-state index < -0.39 is 6.67 Å². The first-order chi connectivity index (χ1) is 9.04. The highest BCUT2D eigenvalue weighted by Gasteiger charge is 2.13. The van der Waals surface area contributed by atoms with Crippen molar-refractivity contribution in [1.29, 1.82) is 0 Å². The standard InChI is InChI=1S/C17H19FS/c1-11(2)14-6-4-5-7-15(14)16-9-12(3)8-13(10-18)17(16)19/h4-9,11,19H,10H2,1-3H3. The summed E-state index contributed by atoms with van der Waals surface area (Å²) >= 11 is 4.53. The minimum absolute atomic E-state index is 0.429. The van der Waals surface area contributed by atoms with Crippen LogP contribution in [0.15, 0.2) is 41.3 Å². The third kappa shape index (κ3) is 2.84. The van der Waals surface area contributed by atoms with Gasteiger partial charge in [-0.25, -0.2) is 4.39 Å². The normalized spacial score (nSPS) is 11.1. The van der Waals surface area contributed by atoms with Gasteiger partial charge in [0.15, 0.2) is 0 Å². The zero-order valence-corrected chi connectivity index (χ0v) is 12.5. The van der Waals surface area contributed by atoms with E-state index in [0.717, 1.165) is 21.6 Å². The molecule has 0 spiro atoms. The molecule has 2 aromatic carbocycles. The smallest absolute Gasteiger partial charge is 0.116 e. The van der Waals surface area contributed by atoms with E-state index in [2.05, 4.69) is 44.7 Å². The second-order valence-electron chi connectivity index (χ2n) is 5.20. The number of halogens is 1. The van der Waals surface area contributed by atoms with Gasteiger partial charge in [-0.15, -0.1) is 12.6 Å². The molecule has 0 saturated heterocycles. The molecule has 19 heavy (non-hydrogen) atoms. The van der Waals surface area contributed by atoms with E-state index in [1.54, 1.807) is 0 Å². The topological polar surface area (TPSA) is 0 Å². The first kappa shape index (κ1) is 14.1. The second-order valence-corrected chi connectivity index (χ2v) is 5.64. The van der Waals surface area contributed by atoms with Crippen LogP contribution in [0, 0.1) is 6.92 Å². The van der Waals surface area contributed by atoms with E-state index >= 15 is 0 Å². The summed E-state index contributed by atoms with van der Waals surface area (Å²) in [5.41, 5.74) is 5.19. The highest BCUT2D eigenvalue weighted by molar-refractivity contribution is 7.80. The predicted molar refractivity (Wildman–Crippen MR) is 82.8 cm³/mol. The molecular formula is C17H19FS. The largest absolute Gasteiger partial charge is 0.246 e. The first-order valence-electron chi connectivity index (χ1n) is 6.52. The van der Waals surface area contributed by atoms with Crippen molar-refractivity contribution in [3.8, 4) is 11.1 Å². The van der Waals surface area contributed by atoms with Crippen LogP contribution in [-0.4, -0.2) is 0 Å². The van der Waals surface area contributed by atoms with E-state index in [0.29, 0.717) is 11.5 Å². The van der Waals surface area contributed by atoms with Crippen molar-refractivity contribution >= 4 is 12.6 Å². The third-order valence-corrected chi connectivity index (χ3v) is 3.88. The predicted octanol–water partition coefficient (Wildman–Crippen LogP) is 5.54. The molecule has 0 fully saturated rings. The maximum absolute atomic E-state index is 13.1. The van der Waals surface area contributed by atoms with Gasteiger partial charge in [-0.05, 0) is 35.1 Å². The number of rotatable bonds is 3. The van der Waals surface area contributed by atoms with Crippen molar-refractivity contribution in [3.05, 3.63) is 53.1 Å². The summed E-state index contributed by atoms with van der Waals surface area (Å²) < 4.78 is 13.1. The Balaban J connectivity index is 2.69. The molecule has 0 nitrogen and oxygen atoms in total. The molecule has 0 aromatic heterocycles. The van der Waals surface area contributed by atoms with E-state index in [1.165, 1.54) is 5.56 Å². The molecule has 2 heteroatoms. The Bertz CT molecular complexity index is 588. The average molecular weight is 274 g/mol. The Morgan fingerprint density at radius 3 is 2.42 bits per heavy atom. The lowest BCUT2D eigenvalue weighted by molar-refractivity contribution is 0.480. The zero-order chi connectivity index (χ0) is 14.0. The molecule has 0 bridgehead atoms. The van der Waals surface area contributed by atoms with E-state index in [1.807, 2.05) is 25.1 Å². The summed E-state index contributed by atoms with van der Waals surface area (Å²) in [6.45, 7) is 5.86. The van der Waals surface area contributed by atoms with E-state index in [9.17, 15) is 4.39 Å². The molecule has 0 amide bonds. The highest BCUT2D eigenvalue weighted by Crippen LogP contribution is 2.35. The fourth-order valence-corrected chi connectivity index (χ4v) is 2.72. The van der Waals surface area contributed by atoms with Crippen LogP contribution in [-0.2, 0) is 6.67 Å². The molecule has 100 valence electrons. The lowest BCUT2D eigenvalue weighted by Crippen LogP contribution is -1.95. The lowest BCUT2D eigenvalue weighted by Gasteiger charge is -2.16. The summed E-state index contributed by atoms with van der Waals surface area (Å²) in [6.07, 6.45) is 0. The van der Waals surface area contributed by atoms with Crippen LogP contribution in [0.5, 0.6) is 0 Å². The molecule has 0 unspecified atom stereocenters. The minimum Gasteiger partial charge on any atom is -0.246 e. The fraction of sp³-hybridized carbons (Fsp3) is 0.294. The molecule has 0 aliphatic carbocycles. The van der Waals surface area contributed by atoms with Crippen LogP contribution >= 0.6 is 12.6 Å². The third-order valence-electron chi connectivity index (χ3n) is 3.35. The van der Waals surface area contributed by atoms with Gasteiger partial charge in [0, 0.05) is 4.90 Å². The molecule has 0 aliphatic heterocycles. The summed E-state index contributed by atoms with van der Waals surface area (Å²) in [5, 5.41) is 0. The van der Waals surface area contributed by atoms with Crippen LogP contribution in [0.25, 0.3) is 11.1 Å². The summed E-state index contributed by atoms with van der Waals surface area (Å²) in [5.74, 6) is 0.429. The van der Waals surface area contributed by atoms with Crippen molar-refractivity contribution in [2.75, 3.05) is 0 Å². The Kier molecular flexibility index (Phi) is 4.31. The number of hydrogen-bond acceptors (Lipinski definition) is 1. The first-order valence-corrected chi connectivity index (χ1v) is 6.97. The fourth-order valence-electron chi connectivity index (χ4n) is 2.41. The quantitative estimate of drug-likeness (QED) is 0.698. The molecule has 0 radical (unpaired) electrons. The molecule has 2 rings (SSSR count). The van der Waals surface area contributed by atoms with Crippen LogP contribution in [0.2, 0.25) is 0 Å². The highest BCUT2D eigenvalue weighted by atomic mass is 32.1. The van der Waals surface area contributed by atoms with Crippen molar-refractivity contribution in [1.82, 2.24) is 0 Å². The number of aryl methyl sites for hydroxylation is 1. The Labute approximate surface area is 120 Å². The van der Waals surface area contributed by atoms with Crippen LogP contribution in [0.3, 0.4) is 0 Å². The molecule has 0 saturated carbocycles. The molecular weight excluding hydrogens is 255 g/mol. The summed E-state index contributed by atoms with van der Waals surface area (Å²) in [7, 11) is 0. The Hall–Kier alpha value is -1.28. The Morgan fingerprint density at radius 1 is 1.11 bits per heavy atom. The van der Waals surface area contributed by atoms with Gasteiger partial charge in [0.25, 0.3) is 0 Å². The monoisotopic (exact) mass is 274 g/mol. The summed E-state index contributed by atoms with van der Waals surface area (Å²) in [6, 6.07) is 12.2. The molecule has 0 heterocycles. The van der Waals surface area contributed by atoms with Crippen molar-refractivity contribution in [2.45, 2.75) is 38.3 Å². The lowest BCUT2D eigenvalue weighted by atomic mass is 9.91. The van der Waals surface area contributed by atoms with Gasteiger partial charge >= 0.3 is 0 Å². The molecule has 0 atom stereocenters.